The highest BCUT2D eigenvalue weighted by Gasteiger charge is 1.91. The molecule has 0 fully saturated rings. The summed E-state index contributed by atoms with van der Waals surface area (Å²) in [4.78, 5) is 1.19. The first kappa shape index (κ1) is 8.66. The number of hydrogen-bond donors (Lipinski definition) is 0. The van der Waals surface area contributed by atoms with Crippen LogP contribution in [0.25, 0.3) is 0 Å². The molecular weight excluding hydrogens is 152 g/mol. The highest BCUT2D eigenvalue weighted by Crippen LogP contribution is 2.17. The molecule has 1 rings (SSSR count). The van der Waals surface area contributed by atoms with Crippen LogP contribution in [0.2, 0.25) is 0 Å². The Labute approximate surface area is 73.1 Å². The summed E-state index contributed by atoms with van der Waals surface area (Å²) in [6.45, 7) is 3.94. The van der Waals surface area contributed by atoms with Gasteiger partial charge in [-0.05, 0) is 29.9 Å². The molecule has 0 unspecified atom stereocenters. The minimum Gasteiger partial charge on any atom is -0.127 e. The van der Waals surface area contributed by atoms with Gasteiger partial charge in [0, 0.05) is 0 Å². The van der Waals surface area contributed by atoms with Crippen LogP contribution in [0.4, 0.5) is 0 Å². The number of thioether (sulfide) groups is 1. The monoisotopic (exact) mass is 166 g/mol. The zero-order valence-electron chi connectivity index (χ0n) is 6.75. The fraction of sp³-hybridized carbons (Fsp3) is 0.400. The van der Waals surface area contributed by atoms with Crippen molar-refractivity contribution in [3.8, 4) is 0 Å². The molecule has 0 aromatic rings. The lowest BCUT2D eigenvalue weighted by molar-refractivity contribution is 0.968. The molecule has 0 N–H and O–H groups in total. The molecule has 0 aromatic heterocycles. The Hall–Kier alpha value is -0.430. The number of hydrogen-bond acceptors (Lipinski definition) is 1. The van der Waals surface area contributed by atoms with Crippen LogP contribution in [0.1, 0.15) is 19.3 Å². The maximum atomic E-state index is 3.94. The Bertz CT molecular complexity index is 177. The van der Waals surface area contributed by atoms with Gasteiger partial charge in [0.1, 0.15) is 0 Å². The molecule has 0 aliphatic carbocycles. The van der Waals surface area contributed by atoms with Crippen LogP contribution >= 0.6 is 11.8 Å². The predicted molar refractivity (Wildman–Crippen MR) is 53.7 cm³/mol. The highest BCUT2D eigenvalue weighted by molar-refractivity contribution is 8.03. The Balaban J connectivity index is 2.42. The van der Waals surface area contributed by atoms with Gasteiger partial charge in [-0.2, -0.15) is 0 Å². The number of allylic oxidation sites excluding steroid dienone is 4. The van der Waals surface area contributed by atoms with Crippen LogP contribution in [0.3, 0.4) is 0 Å². The van der Waals surface area contributed by atoms with Gasteiger partial charge >= 0.3 is 0 Å². The van der Waals surface area contributed by atoms with Gasteiger partial charge in [-0.25, -0.2) is 0 Å². The molecule has 0 atom stereocenters. The molecule has 1 heterocycles. The van der Waals surface area contributed by atoms with Crippen molar-refractivity contribution in [2.45, 2.75) is 19.3 Å². The standard InChI is InChI=1S/C10H14S/c1-10-8-6-4-2-3-5-7-9-11-10/h2-3,6,8H,1,4-5,7,9H2/b3-2-,8-6-. The first-order chi connectivity index (χ1) is 5.39. The second-order valence-corrected chi connectivity index (χ2v) is 3.79. The van der Waals surface area contributed by atoms with E-state index in [2.05, 4.69) is 30.9 Å². The summed E-state index contributed by atoms with van der Waals surface area (Å²) in [6, 6.07) is 0. The Morgan fingerprint density at radius 3 is 3.09 bits per heavy atom. The molecule has 60 valence electrons. The van der Waals surface area contributed by atoms with Crippen molar-refractivity contribution >= 4 is 11.8 Å². The quantitative estimate of drug-likeness (QED) is 0.496. The lowest BCUT2D eigenvalue weighted by atomic mass is 10.2. The maximum absolute atomic E-state index is 3.94. The minimum absolute atomic E-state index is 1.06. The Morgan fingerprint density at radius 1 is 1.27 bits per heavy atom. The first-order valence-corrected chi connectivity index (χ1v) is 5.01. The van der Waals surface area contributed by atoms with Gasteiger partial charge in [0.2, 0.25) is 0 Å². The van der Waals surface area contributed by atoms with Gasteiger partial charge < -0.3 is 0 Å². The summed E-state index contributed by atoms with van der Waals surface area (Å²) in [5, 5.41) is 0. The molecule has 0 saturated heterocycles. The molecule has 0 nitrogen and oxygen atoms in total. The average Bonchev–Trinajstić information content (AvgIpc) is 2.03. The van der Waals surface area contributed by atoms with Crippen molar-refractivity contribution < 1.29 is 0 Å². The van der Waals surface area contributed by atoms with Crippen LogP contribution in [-0.4, -0.2) is 5.75 Å². The van der Waals surface area contributed by atoms with Crippen LogP contribution < -0.4 is 0 Å². The van der Waals surface area contributed by atoms with Gasteiger partial charge in [0.25, 0.3) is 0 Å². The highest BCUT2D eigenvalue weighted by atomic mass is 32.2. The molecule has 1 aliphatic heterocycles. The van der Waals surface area contributed by atoms with Crippen molar-refractivity contribution in [1.82, 2.24) is 0 Å². The molecular formula is C10H14S. The van der Waals surface area contributed by atoms with Gasteiger partial charge in [-0.15, -0.1) is 11.8 Å². The van der Waals surface area contributed by atoms with E-state index in [4.69, 9.17) is 0 Å². The second-order valence-electron chi connectivity index (χ2n) is 2.57. The van der Waals surface area contributed by atoms with E-state index in [0.29, 0.717) is 0 Å². The SMILES string of the molecule is C=C1/C=C\C/C=C\CCCS1. The fourth-order valence-corrected chi connectivity index (χ4v) is 1.71. The fourth-order valence-electron chi connectivity index (χ4n) is 0.945. The molecule has 1 heteroatoms. The maximum Gasteiger partial charge on any atom is -0.000309 e. The summed E-state index contributed by atoms with van der Waals surface area (Å²) < 4.78 is 0. The third-order valence-corrected chi connectivity index (χ3v) is 2.54. The van der Waals surface area contributed by atoms with E-state index < -0.39 is 0 Å². The summed E-state index contributed by atoms with van der Waals surface area (Å²) in [7, 11) is 0. The van der Waals surface area contributed by atoms with E-state index in [1.165, 1.54) is 23.5 Å². The smallest absolute Gasteiger partial charge is 0.000309 e. The van der Waals surface area contributed by atoms with Crippen molar-refractivity contribution in [2.24, 2.45) is 0 Å². The van der Waals surface area contributed by atoms with Crippen LogP contribution in [0, 0.1) is 0 Å². The van der Waals surface area contributed by atoms with Crippen molar-refractivity contribution in [3.63, 3.8) is 0 Å². The van der Waals surface area contributed by atoms with E-state index >= 15 is 0 Å². The molecule has 0 amide bonds. The van der Waals surface area contributed by atoms with Crippen molar-refractivity contribution in [2.75, 3.05) is 5.75 Å². The summed E-state index contributed by atoms with van der Waals surface area (Å²) in [5.74, 6) is 1.20. The topological polar surface area (TPSA) is 0 Å². The predicted octanol–water partition coefficient (Wildman–Crippen LogP) is 3.53. The van der Waals surface area contributed by atoms with E-state index in [1.807, 2.05) is 11.8 Å². The molecule has 0 aromatic carbocycles. The van der Waals surface area contributed by atoms with Crippen LogP contribution in [0.5, 0.6) is 0 Å². The van der Waals surface area contributed by atoms with Crippen molar-refractivity contribution in [1.29, 1.82) is 0 Å². The largest absolute Gasteiger partial charge is 0.127 e. The van der Waals surface area contributed by atoms with Gasteiger partial charge in [0.05, 0.1) is 0 Å². The Kier molecular flexibility index (Phi) is 4.14. The Morgan fingerprint density at radius 2 is 2.18 bits per heavy atom. The van der Waals surface area contributed by atoms with E-state index in [-0.39, 0.29) is 0 Å². The summed E-state index contributed by atoms with van der Waals surface area (Å²) in [5.41, 5.74) is 0. The zero-order chi connectivity index (χ0) is 7.94. The normalized spacial score (nSPS) is 26.0. The molecule has 0 saturated carbocycles. The third-order valence-electron chi connectivity index (χ3n) is 1.55. The second kappa shape index (κ2) is 5.25. The third kappa shape index (κ3) is 4.10. The van der Waals surface area contributed by atoms with E-state index in [0.717, 1.165) is 6.42 Å². The van der Waals surface area contributed by atoms with Crippen LogP contribution in [-0.2, 0) is 0 Å². The lowest BCUT2D eigenvalue weighted by Crippen LogP contribution is -1.79. The van der Waals surface area contributed by atoms with Gasteiger partial charge in [-0.3, -0.25) is 0 Å². The zero-order valence-corrected chi connectivity index (χ0v) is 7.57. The van der Waals surface area contributed by atoms with E-state index in [9.17, 15) is 0 Å². The molecule has 1 aliphatic rings. The molecule has 0 spiro atoms. The van der Waals surface area contributed by atoms with Gasteiger partial charge in [-0.1, -0.05) is 30.9 Å². The van der Waals surface area contributed by atoms with E-state index in [1.54, 1.807) is 0 Å². The molecule has 11 heavy (non-hydrogen) atoms. The van der Waals surface area contributed by atoms with Crippen LogP contribution in [0.15, 0.2) is 35.8 Å². The lowest BCUT2D eigenvalue weighted by Gasteiger charge is -2.00. The minimum atomic E-state index is 1.06. The first-order valence-electron chi connectivity index (χ1n) is 4.03. The average molecular weight is 166 g/mol. The molecule has 0 radical (unpaired) electrons. The van der Waals surface area contributed by atoms with Gasteiger partial charge in [0.15, 0.2) is 0 Å². The summed E-state index contributed by atoms with van der Waals surface area (Å²) in [6.07, 6.45) is 12.3. The van der Waals surface area contributed by atoms with Crippen molar-refractivity contribution in [3.05, 3.63) is 35.8 Å². The molecule has 0 bridgehead atoms. The summed E-state index contributed by atoms with van der Waals surface area (Å²) >= 11 is 1.86. The number of rotatable bonds is 0.